The van der Waals surface area contributed by atoms with E-state index in [9.17, 15) is 0 Å². The molecule has 0 saturated heterocycles. The van der Waals surface area contributed by atoms with Crippen LogP contribution in [0.1, 0.15) is 39.5 Å². The van der Waals surface area contributed by atoms with E-state index in [1.165, 1.54) is 6.42 Å². The Morgan fingerprint density at radius 1 is 1.18 bits per heavy atom. The predicted molar refractivity (Wildman–Crippen MR) is 56.4 cm³/mol. The molecule has 3 heteroatoms. The number of alkyl halides is 2. The Balaban J connectivity index is 3.38. The van der Waals surface area contributed by atoms with Crippen LogP contribution in [0.5, 0.6) is 0 Å². The van der Waals surface area contributed by atoms with Crippen molar-refractivity contribution in [3.8, 4) is 0 Å². The van der Waals surface area contributed by atoms with Gasteiger partial charge >= 0.3 is 0 Å². The fraction of sp³-hybridized carbons (Fsp3) is 1.00. The number of rotatable bonds is 6. The first-order valence-electron chi connectivity index (χ1n) is 4.14. The molecule has 0 N–H and O–H groups in total. The average Bonchev–Trinajstić information content (AvgIpc) is 1.87. The van der Waals surface area contributed by atoms with Crippen molar-refractivity contribution >= 4 is 31.9 Å². The SMILES string of the molecule is CCCCOC(Br)(Br)CCC. The van der Waals surface area contributed by atoms with Crippen LogP contribution in [0.25, 0.3) is 0 Å². The third-order valence-corrected chi connectivity index (χ3v) is 2.60. The summed E-state index contributed by atoms with van der Waals surface area (Å²) in [5.74, 6) is 0. The van der Waals surface area contributed by atoms with Gasteiger partial charge in [-0.2, -0.15) is 0 Å². The molecular formula is C8H16Br2O. The summed E-state index contributed by atoms with van der Waals surface area (Å²) in [5.41, 5.74) is 0. The highest BCUT2D eigenvalue weighted by Gasteiger charge is 2.20. The van der Waals surface area contributed by atoms with Crippen molar-refractivity contribution in [1.82, 2.24) is 0 Å². The minimum atomic E-state index is -0.274. The van der Waals surface area contributed by atoms with Gasteiger partial charge < -0.3 is 4.74 Å². The molecule has 0 rings (SSSR count). The van der Waals surface area contributed by atoms with Crippen LogP contribution in [0.15, 0.2) is 0 Å². The number of halogens is 2. The van der Waals surface area contributed by atoms with Crippen LogP contribution in [-0.2, 0) is 4.74 Å². The second kappa shape index (κ2) is 6.44. The monoisotopic (exact) mass is 286 g/mol. The van der Waals surface area contributed by atoms with Gasteiger partial charge in [0.1, 0.15) is 0 Å². The van der Waals surface area contributed by atoms with Crippen LogP contribution < -0.4 is 0 Å². The molecule has 0 aliphatic rings. The molecule has 0 heterocycles. The zero-order chi connectivity index (χ0) is 8.74. The first-order valence-corrected chi connectivity index (χ1v) is 5.72. The number of unbranched alkanes of at least 4 members (excludes halogenated alkanes) is 1. The lowest BCUT2D eigenvalue weighted by molar-refractivity contribution is 0.0903. The number of hydrogen-bond donors (Lipinski definition) is 0. The standard InChI is InChI=1S/C8H16Br2O/c1-3-5-7-11-8(9,10)6-4-2/h3-7H2,1-2H3. The molecule has 0 spiro atoms. The lowest BCUT2D eigenvalue weighted by atomic mass is 10.3. The first kappa shape index (κ1) is 11.9. The van der Waals surface area contributed by atoms with Crippen LogP contribution in [0, 0.1) is 0 Å². The Kier molecular flexibility index (Phi) is 6.98. The molecule has 0 amide bonds. The highest BCUT2D eigenvalue weighted by Crippen LogP contribution is 2.32. The molecular weight excluding hydrogens is 272 g/mol. The highest BCUT2D eigenvalue weighted by molar-refractivity contribution is 9.25. The van der Waals surface area contributed by atoms with E-state index in [1.54, 1.807) is 0 Å². The van der Waals surface area contributed by atoms with Crippen LogP contribution in [0.3, 0.4) is 0 Å². The quantitative estimate of drug-likeness (QED) is 0.529. The molecule has 0 unspecified atom stereocenters. The zero-order valence-corrected chi connectivity index (χ0v) is 10.4. The smallest absolute Gasteiger partial charge is 0.177 e. The van der Waals surface area contributed by atoms with Crippen molar-refractivity contribution in [3.05, 3.63) is 0 Å². The fourth-order valence-electron chi connectivity index (χ4n) is 0.729. The molecule has 0 aromatic rings. The predicted octanol–water partition coefficient (Wildman–Crippen LogP) is 4.05. The van der Waals surface area contributed by atoms with Crippen LogP contribution in [-0.4, -0.2) is 10.0 Å². The highest BCUT2D eigenvalue weighted by atomic mass is 79.9. The van der Waals surface area contributed by atoms with Gasteiger partial charge in [-0.15, -0.1) is 0 Å². The molecule has 68 valence electrons. The Hall–Kier alpha value is 0.920. The summed E-state index contributed by atoms with van der Waals surface area (Å²) in [7, 11) is 0. The van der Waals surface area contributed by atoms with E-state index in [0.29, 0.717) is 0 Å². The van der Waals surface area contributed by atoms with Gasteiger partial charge in [0.05, 0.1) is 0 Å². The molecule has 0 aliphatic heterocycles. The van der Waals surface area contributed by atoms with Gasteiger partial charge in [-0.05, 0) is 44.7 Å². The molecule has 0 bridgehead atoms. The van der Waals surface area contributed by atoms with E-state index < -0.39 is 0 Å². The summed E-state index contributed by atoms with van der Waals surface area (Å²) in [4.78, 5) is 0. The van der Waals surface area contributed by atoms with Crippen molar-refractivity contribution in [2.24, 2.45) is 0 Å². The summed E-state index contributed by atoms with van der Waals surface area (Å²) in [6.07, 6.45) is 4.42. The maximum absolute atomic E-state index is 5.54. The Morgan fingerprint density at radius 2 is 1.82 bits per heavy atom. The lowest BCUT2D eigenvalue weighted by Crippen LogP contribution is -2.16. The first-order chi connectivity index (χ1) is 5.12. The van der Waals surface area contributed by atoms with Crippen molar-refractivity contribution in [1.29, 1.82) is 0 Å². The van der Waals surface area contributed by atoms with Crippen molar-refractivity contribution in [2.45, 2.75) is 43.0 Å². The van der Waals surface area contributed by atoms with E-state index in [-0.39, 0.29) is 3.42 Å². The molecule has 0 aliphatic carbocycles. The van der Waals surface area contributed by atoms with Crippen molar-refractivity contribution in [2.75, 3.05) is 6.61 Å². The average molecular weight is 288 g/mol. The van der Waals surface area contributed by atoms with Gasteiger partial charge in [-0.25, -0.2) is 0 Å². The lowest BCUT2D eigenvalue weighted by Gasteiger charge is -2.19. The molecule has 0 radical (unpaired) electrons. The van der Waals surface area contributed by atoms with E-state index in [0.717, 1.165) is 25.9 Å². The zero-order valence-electron chi connectivity index (χ0n) is 7.20. The molecule has 0 aromatic carbocycles. The molecule has 0 aromatic heterocycles. The summed E-state index contributed by atoms with van der Waals surface area (Å²) in [5, 5.41) is 0. The maximum atomic E-state index is 5.54. The summed E-state index contributed by atoms with van der Waals surface area (Å²) in [6.45, 7) is 5.13. The molecule has 0 fully saturated rings. The molecule has 0 saturated carbocycles. The van der Waals surface area contributed by atoms with Gasteiger partial charge in [-0.1, -0.05) is 26.7 Å². The Bertz CT molecular complexity index is 94.1. The van der Waals surface area contributed by atoms with Crippen LogP contribution >= 0.6 is 31.9 Å². The number of hydrogen-bond acceptors (Lipinski definition) is 1. The van der Waals surface area contributed by atoms with E-state index >= 15 is 0 Å². The molecule has 1 nitrogen and oxygen atoms in total. The second-order valence-corrected chi connectivity index (χ2v) is 6.22. The normalized spacial score (nSPS) is 12.0. The van der Waals surface area contributed by atoms with Crippen molar-refractivity contribution < 1.29 is 4.74 Å². The van der Waals surface area contributed by atoms with E-state index in [4.69, 9.17) is 4.74 Å². The van der Waals surface area contributed by atoms with Gasteiger partial charge in [0.15, 0.2) is 3.42 Å². The third kappa shape index (κ3) is 7.29. The van der Waals surface area contributed by atoms with Crippen molar-refractivity contribution in [3.63, 3.8) is 0 Å². The van der Waals surface area contributed by atoms with Gasteiger partial charge in [-0.3, -0.25) is 0 Å². The van der Waals surface area contributed by atoms with Crippen LogP contribution in [0.2, 0.25) is 0 Å². The topological polar surface area (TPSA) is 9.23 Å². The van der Waals surface area contributed by atoms with Crippen LogP contribution in [0.4, 0.5) is 0 Å². The minimum Gasteiger partial charge on any atom is -0.354 e. The molecule has 0 atom stereocenters. The van der Waals surface area contributed by atoms with Gasteiger partial charge in [0.25, 0.3) is 0 Å². The maximum Gasteiger partial charge on any atom is 0.177 e. The Labute approximate surface area is 86.1 Å². The largest absolute Gasteiger partial charge is 0.354 e. The Morgan fingerprint density at radius 3 is 2.27 bits per heavy atom. The molecule has 11 heavy (non-hydrogen) atoms. The fourth-order valence-corrected chi connectivity index (χ4v) is 1.85. The summed E-state index contributed by atoms with van der Waals surface area (Å²) in [6, 6.07) is 0. The van der Waals surface area contributed by atoms with Gasteiger partial charge in [0.2, 0.25) is 0 Å². The minimum absolute atomic E-state index is 0.274. The third-order valence-electron chi connectivity index (χ3n) is 1.35. The van der Waals surface area contributed by atoms with E-state index in [1.807, 2.05) is 0 Å². The van der Waals surface area contributed by atoms with E-state index in [2.05, 4.69) is 45.7 Å². The second-order valence-electron chi connectivity index (χ2n) is 2.59. The van der Waals surface area contributed by atoms with Gasteiger partial charge in [0, 0.05) is 6.61 Å². The summed E-state index contributed by atoms with van der Waals surface area (Å²) >= 11 is 6.93. The summed E-state index contributed by atoms with van der Waals surface area (Å²) < 4.78 is 5.27. The number of ether oxygens (including phenoxy) is 1.